The number of hydrogen-bond donors (Lipinski definition) is 2. The summed E-state index contributed by atoms with van der Waals surface area (Å²) in [5.41, 5.74) is 1.41. The molecule has 1 heterocycles. The maximum absolute atomic E-state index is 12.1. The predicted octanol–water partition coefficient (Wildman–Crippen LogP) is 2.80. The lowest BCUT2D eigenvalue weighted by Crippen LogP contribution is -2.24. The van der Waals surface area contributed by atoms with Crippen molar-refractivity contribution in [1.29, 1.82) is 0 Å². The zero-order valence-electron chi connectivity index (χ0n) is 11.9. The van der Waals surface area contributed by atoms with Gasteiger partial charge in [0, 0.05) is 22.9 Å². The summed E-state index contributed by atoms with van der Waals surface area (Å²) in [4.78, 5) is 14.3. The second-order valence-corrected chi connectivity index (χ2v) is 7.93. The molecule has 1 aromatic heterocycles. The molecule has 4 rings (SSSR count). The summed E-state index contributed by atoms with van der Waals surface area (Å²) in [5, 5.41) is 6.76. The van der Waals surface area contributed by atoms with Crippen LogP contribution in [-0.4, -0.2) is 24.5 Å². The van der Waals surface area contributed by atoms with E-state index in [0.717, 1.165) is 23.6 Å². The fraction of sp³-hybridized carbons (Fsp3) is 0.688. The monoisotopic (exact) mass is 290 g/mol. The third-order valence-electron chi connectivity index (χ3n) is 4.65. The number of aryl methyl sites for hydroxylation is 1. The van der Waals surface area contributed by atoms with Crippen LogP contribution < -0.4 is 10.6 Å². The van der Waals surface area contributed by atoms with Crippen LogP contribution in [0.5, 0.6) is 0 Å². The molecule has 3 nitrogen and oxygen atoms in total. The molecule has 3 fully saturated rings. The summed E-state index contributed by atoms with van der Waals surface area (Å²) in [7, 11) is 0. The van der Waals surface area contributed by atoms with E-state index < -0.39 is 0 Å². The Kier molecular flexibility index (Phi) is 3.11. The highest BCUT2D eigenvalue weighted by Crippen LogP contribution is 2.45. The fourth-order valence-corrected chi connectivity index (χ4v) is 3.86. The van der Waals surface area contributed by atoms with E-state index in [1.807, 2.05) is 0 Å². The SMILES string of the molecule is Cc1sc(C(=O)NC2CC2)cc1C1CC1NCC1CC1. The molecule has 2 unspecified atom stereocenters. The van der Waals surface area contributed by atoms with Crippen molar-refractivity contribution >= 4 is 17.2 Å². The highest BCUT2D eigenvalue weighted by Gasteiger charge is 2.40. The normalized spacial score (nSPS) is 28.4. The van der Waals surface area contributed by atoms with Crippen molar-refractivity contribution in [3.63, 3.8) is 0 Å². The van der Waals surface area contributed by atoms with Gasteiger partial charge in [0.25, 0.3) is 5.91 Å². The van der Waals surface area contributed by atoms with Crippen LogP contribution in [0.4, 0.5) is 0 Å². The topological polar surface area (TPSA) is 41.1 Å². The van der Waals surface area contributed by atoms with E-state index in [4.69, 9.17) is 0 Å². The van der Waals surface area contributed by atoms with Crippen molar-refractivity contribution in [1.82, 2.24) is 10.6 Å². The van der Waals surface area contributed by atoms with Gasteiger partial charge in [-0.2, -0.15) is 0 Å². The largest absolute Gasteiger partial charge is 0.349 e. The Bertz CT molecular complexity index is 531. The average Bonchev–Trinajstić information content (AvgIpc) is 3.28. The van der Waals surface area contributed by atoms with Crippen molar-refractivity contribution in [2.75, 3.05) is 6.54 Å². The molecule has 2 atom stereocenters. The van der Waals surface area contributed by atoms with Crippen molar-refractivity contribution in [2.24, 2.45) is 5.92 Å². The fourth-order valence-electron chi connectivity index (χ4n) is 2.86. The maximum Gasteiger partial charge on any atom is 0.261 e. The van der Waals surface area contributed by atoms with Crippen LogP contribution in [0.2, 0.25) is 0 Å². The van der Waals surface area contributed by atoms with E-state index in [2.05, 4.69) is 23.6 Å². The number of rotatable bonds is 6. The Labute approximate surface area is 124 Å². The van der Waals surface area contributed by atoms with Crippen molar-refractivity contribution < 1.29 is 4.79 Å². The van der Waals surface area contributed by atoms with Gasteiger partial charge in [-0.05, 0) is 63.1 Å². The summed E-state index contributed by atoms with van der Waals surface area (Å²) < 4.78 is 0. The maximum atomic E-state index is 12.1. The van der Waals surface area contributed by atoms with Gasteiger partial charge < -0.3 is 10.6 Å². The lowest BCUT2D eigenvalue weighted by molar-refractivity contribution is 0.0955. The van der Waals surface area contributed by atoms with E-state index in [-0.39, 0.29) is 5.91 Å². The van der Waals surface area contributed by atoms with Crippen LogP contribution >= 0.6 is 11.3 Å². The number of hydrogen-bond acceptors (Lipinski definition) is 3. The minimum Gasteiger partial charge on any atom is -0.349 e. The molecule has 3 aliphatic carbocycles. The van der Waals surface area contributed by atoms with Gasteiger partial charge in [-0.1, -0.05) is 0 Å². The molecule has 0 aromatic carbocycles. The number of carbonyl (C=O) groups excluding carboxylic acids is 1. The van der Waals surface area contributed by atoms with Gasteiger partial charge in [-0.3, -0.25) is 4.79 Å². The molecule has 0 spiro atoms. The minimum absolute atomic E-state index is 0.134. The second kappa shape index (κ2) is 4.85. The van der Waals surface area contributed by atoms with Gasteiger partial charge >= 0.3 is 0 Å². The quantitative estimate of drug-likeness (QED) is 0.846. The first-order valence-electron chi connectivity index (χ1n) is 7.85. The van der Waals surface area contributed by atoms with Gasteiger partial charge in [-0.25, -0.2) is 0 Å². The second-order valence-electron chi connectivity index (χ2n) is 6.67. The first-order chi connectivity index (χ1) is 9.70. The van der Waals surface area contributed by atoms with Crippen LogP contribution in [0.1, 0.15) is 58.1 Å². The molecule has 1 amide bonds. The molecule has 2 N–H and O–H groups in total. The third-order valence-corrected chi connectivity index (χ3v) is 5.71. The predicted molar refractivity (Wildman–Crippen MR) is 81.4 cm³/mol. The van der Waals surface area contributed by atoms with E-state index in [0.29, 0.717) is 18.0 Å². The van der Waals surface area contributed by atoms with Crippen molar-refractivity contribution in [3.05, 3.63) is 21.4 Å². The van der Waals surface area contributed by atoms with Crippen molar-refractivity contribution in [2.45, 2.75) is 57.0 Å². The van der Waals surface area contributed by atoms with Crippen molar-refractivity contribution in [3.8, 4) is 0 Å². The molecule has 4 heteroatoms. The summed E-state index contributed by atoms with van der Waals surface area (Å²) >= 11 is 1.66. The van der Waals surface area contributed by atoms with E-state index in [9.17, 15) is 4.79 Å². The lowest BCUT2D eigenvalue weighted by Gasteiger charge is -2.02. The van der Waals surface area contributed by atoms with Crippen LogP contribution in [0.25, 0.3) is 0 Å². The van der Waals surface area contributed by atoms with E-state index in [1.54, 1.807) is 11.3 Å². The van der Waals surface area contributed by atoms with Crippen LogP contribution in [0.15, 0.2) is 6.07 Å². The van der Waals surface area contributed by atoms with E-state index >= 15 is 0 Å². The Hall–Kier alpha value is -0.870. The van der Waals surface area contributed by atoms with Gasteiger partial charge in [-0.15, -0.1) is 11.3 Å². The number of carbonyl (C=O) groups is 1. The Balaban J connectivity index is 1.38. The number of thiophene rings is 1. The number of amides is 1. The first kappa shape index (κ1) is 12.8. The summed E-state index contributed by atoms with van der Waals surface area (Å²) in [6, 6.07) is 3.24. The lowest BCUT2D eigenvalue weighted by atomic mass is 10.1. The number of nitrogens with one attached hydrogen (secondary N) is 2. The summed E-state index contributed by atoms with van der Waals surface area (Å²) in [5.74, 6) is 1.72. The molecule has 20 heavy (non-hydrogen) atoms. The molecule has 0 saturated heterocycles. The minimum atomic E-state index is 0.134. The molecule has 3 saturated carbocycles. The van der Waals surface area contributed by atoms with Crippen LogP contribution in [-0.2, 0) is 0 Å². The molecular weight excluding hydrogens is 268 g/mol. The Morgan fingerprint density at radius 3 is 2.85 bits per heavy atom. The molecule has 108 valence electrons. The molecule has 0 bridgehead atoms. The highest BCUT2D eigenvalue weighted by molar-refractivity contribution is 7.14. The summed E-state index contributed by atoms with van der Waals surface area (Å²) in [6.07, 6.45) is 6.37. The Morgan fingerprint density at radius 1 is 1.35 bits per heavy atom. The van der Waals surface area contributed by atoms with Gasteiger partial charge in [0.1, 0.15) is 0 Å². The smallest absolute Gasteiger partial charge is 0.261 e. The molecule has 0 radical (unpaired) electrons. The zero-order chi connectivity index (χ0) is 13.7. The Morgan fingerprint density at radius 2 is 2.15 bits per heavy atom. The third kappa shape index (κ3) is 2.77. The van der Waals surface area contributed by atoms with Gasteiger partial charge in [0.2, 0.25) is 0 Å². The molecule has 3 aliphatic rings. The van der Waals surface area contributed by atoms with Gasteiger partial charge in [0.05, 0.1) is 4.88 Å². The highest BCUT2D eigenvalue weighted by atomic mass is 32.1. The zero-order valence-corrected chi connectivity index (χ0v) is 12.8. The van der Waals surface area contributed by atoms with Crippen LogP contribution in [0.3, 0.4) is 0 Å². The molecular formula is C16H22N2OS. The van der Waals surface area contributed by atoms with Crippen LogP contribution in [0, 0.1) is 12.8 Å². The van der Waals surface area contributed by atoms with Gasteiger partial charge in [0.15, 0.2) is 0 Å². The molecule has 0 aliphatic heterocycles. The standard InChI is InChI=1S/C16H22N2OS/c1-9-12(13-6-14(13)17-8-10-2-3-10)7-15(20-9)16(19)18-11-4-5-11/h7,10-11,13-14,17H,2-6,8H2,1H3,(H,18,19). The first-order valence-corrected chi connectivity index (χ1v) is 8.67. The average molecular weight is 290 g/mol. The molecule has 1 aromatic rings. The van der Waals surface area contributed by atoms with E-state index in [1.165, 1.54) is 36.2 Å². The summed E-state index contributed by atoms with van der Waals surface area (Å²) in [6.45, 7) is 3.35.